The van der Waals surface area contributed by atoms with Crippen LogP contribution in [0.4, 0.5) is 0 Å². The van der Waals surface area contributed by atoms with E-state index in [-0.39, 0.29) is 23.7 Å². The van der Waals surface area contributed by atoms with Crippen LogP contribution in [-0.2, 0) is 28.5 Å². The zero-order valence-corrected chi connectivity index (χ0v) is 14.4. The predicted molar refractivity (Wildman–Crippen MR) is 77.4 cm³/mol. The third-order valence-electron chi connectivity index (χ3n) is 3.56. The van der Waals surface area contributed by atoms with Crippen molar-refractivity contribution in [2.75, 3.05) is 12.9 Å². The number of fused-ring (bicyclic) bond motifs is 1. The van der Waals surface area contributed by atoms with Gasteiger partial charge in [0.15, 0.2) is 5.79 Å². The van der Waals surface area contributed by atoms with E-state index in [4.69, 9.17) is 18.4 Å². The van der Waals surface area contributed by atoms with Crippen molar-refractivity contribution in [2.45, 2.75) is 70.7 Å². The van der Waals surface area contributed by atoms with Crippen molar-refractivity contribution < 1.29 is 26.8 Å². The molecule has 2 rings (SSSR count). The summed E-state index contributed by atoms with van der Waals surface area (Å²) in [7, 11) is -3.53. The molecule has 2 unspecified atom stereocenters. The second-order valence-electron chi connectivity index (χ2n) is 7.32. The van der Waals surface area contributed by atoms with E-state index in [0.29, 0.717) is 13.0 Å². The molecule has 1 aliphatic carbocycles. The smallest absolute Gasteiger partial charge is 0.264 e. The topological polar surface area (TPSA) is 71.1 Å². The highest BCUT2D eigenvalue weighted by Gasteiger charge is 2.55. The molecule has 0 aromatic rings. The van der Waals surface area contributed by atoms with Crippen LogP contribution in [-0.4, -0.2) is 51.0 Å². The van der Waals surface area contributed by atoms with Gasteiger partial charge < -0.3 is 14.2 Å². The summed E-state index contributed by atoms with van der Waals surface area (Å²) in [6.07, 6.45) is 0.522. The zero-order chi connectivity index (χ0) is 16.1. The lowest BCUT2D eigenvalue weighted by Gasteiger charge is -2.26. The molecule has 1 saturated carbocycles. The van der Waals surface area contributed by atoms with Gasteiger partial charge in [-0.2, -0.15) is 8.42 Å². The van der Waals surface area contributed by atoms with Gasteiger partial charge in [0.05, 0.1) is 24.6 Å². The van der Waals surface area contributed by atoms with Crippen LogP contribution in [0.3, 0.4) is 0 Å². The third-order valence-corrected chi connectivity index (χ3v) is 4.16. The van der Waals surface area contributed by atoms with Gasteiger partial charge in [0, 0.05) is 5.92 Å². The average molecular weight is 322 g/mol. The standard InChI is InChI=1S/C14H26O6S/c1-13(2,3)17-8-9-7-10(20-21(6,15)16)12-11(9)18-14(4,5)19-12/h9-12H,7-8H2,1-6H3/t9-,10?,11-,12?/m1/s1. The van der Waals surface area contributed by atoms with Crippen LogP contribution < -0.4 is 0 Å². The van der Waals surface area contributed by atoms with Crippen molar-refractivity contribution in [3.63, 3.8) is 0 Å². The molecule has 1 aliphatic heterocycles. The minimum absolute atomic E-state index is 0.0581. The van der Waals surface area contributed by atoms with Crippen LogP contribution in [0.1, 0.15) is 41.0 Å². The largest absolute Gasteiger partial charge is 0.375 e. The molecule has 0 radical (unpaired) electrons. The predicted octanol–water partition coefficient (Wildman–Crippen LogP) is 1.69. The molecule has 1 heterocycles. The Hall–Kier alpha value is -0.210. The lowest BCUT2D eigenvalue weighted by atomic mass is 10.1. The van der Waals surface area contributed by atoms with Gasteiger partial charge in [-0.25, -0.2) is 0 Å². The van der Waals surface area contributed by atoms with E-state index in [2.05, 4.69) is 0 Å². The zero-order valence-electron chi connectivity index (χ0n) is 13.6. The van der Waals surface area contributed by atoms with Crippen LogP contribution in [0.5, 0.6) is 0 Å². The molecule has 4 atom stereocenters. The van der Waals surface area contributed by atoms with E-state index in [1.54, 1.807) is 0 Å². The quantitative estimate of drug-likeness (QED) is 0.734. The van der Waals surface area contributed by atoms with E-state index in [1.807, 2.05) is 34.6 Å². The monoisotopic (exact) mass is 322 g/mol. The molecule has 2 aliphatic rings. The van der Waals surface area contributed by atoms with Gasteiger partial charge in [0.2, 0.25) is 0 Å². The maximum atomic E-state index is 11.4. The van der Waals surface area contributed by atoms with Gasteiger partial charge in [-0.05, 0) is 41.0 Å². The minimum Gasteiger partial charge on any atom is -0.375 e. The Bertz CT molecular complexity index is 478. The van der Waals surface area contributed by atoms with Crippen molar-refractivity contribution in [2.24, 2.45) is 5.92 Å². The van der Waals surface area contributed by atoms with Crippen LogP contribution >= 0.6 is 0 Å². The highest BCUT2D eigenvalue weighted by molar-refractivity contribution is 7.86. The Kier molecular flexibility index (Phi) is 4.45. The second kappa shape index (κ2) is 5.45. The molecule has 0 aromatic carbocycles. The van der Waals surface area contributed by atoms with Crippen LogP contribution in [0.15, 0.2) is 0 Å². The summed E-state index contributed by atoms with van der Waals surface area (Å²) in [6, 6.07) is 0. The molecular formula is C14H26O6S. The first-order valence-electron chi connectivity index (χ1n) is 7.24. The summed E-state index contributed by atoms with van der Waals surface area (Å²) in [6.45, 7) is 10.1. The van der Waals surface area contributed by atoms with Crippen LogP contribution in [0.2, 0.25) is 0 Å². The highest BCUT2D eigenvalue weighted by atomic mass is 32.2. The number of ether oxygens (including phenoxy) is 3. The van der Waals surface area contributed by atoms with Crippen LogP contribution in [0, 0.1) is 5.92 Å². The lowest BCUT2D eigenvalue weighted by Crippen LogP contribution is -2.32. The first-order chi connectivity index (χ1) is 9.36. The van der Waals surface area contributed by atoms with E-state index in [0.717, 1.165) is 6.26 Å². The Morgan fingerprint density at radius 2 is 1.76 bits per heavy atom. The molecule has 124 valence electrons. The maximum absolute atomic E-state index is 11.4. The van der Waals surface area contributed by atoms with Crippen molar-refractivity contribution in [3.05, 3.63) is 0 Å². The molecule has 0 aromatic heterocycles. The fraction of sp³-hybridized carbons (Fsp3) is 1.00. The minimum atomic E-state index is -3.53. The Labute approximate surface area is 127 Å². The molecule has 0 amide bonds. The molecule has 0 spiro atoms. The first kappa shape index (κ1) is 17.1. The third kappa shape index (κ3) is 4.63. The summed E-state index contributed by atoms with van der Waals surface area (Å²) >= 11 is 0. The van der Waals surface area contributed by atoms with Gasteiger partial charge in [-0.15, -0.1) is 0 Å². The summed E-state index contributed by atoms with van der Waals surface area (Å²) in [5, 5.41) is 0. The first-order valence-corrected chi connectivity index (χ1v) is 9.06. The van der Waals surface area contributed by atoms with Crippen molar-refractivity contribution in [1.82, 2.24) is 0 Å². The molecule has 21 heavy (non-hydrogen) atoms. The van der Waals surface area contributed by atoms with Gasteiger partial charge >= 0.3 is 0 Å². The molecule has 7 heteroatoms. The Morgan fingerprint density at radius 1 is 1.19 bits per heavy atom. The van der Waals surface area contributed by atoms with Gasteiger partial charge in [0.25, 0.3) is 10.1 Å². The van der Waals surface area contributed by atoms with E-state index in [9.17, 15) is 8.42 Å². The molecule has 0 N–H and O–H groups in total. The number of hydrogen-bond donors (Lipinski definition) is 0. The molecular weight excluding hydrogens is 296 g/mol. The van der Waals surface area contributed by atoms with Crippen molar-refractivity contribution >= 4 is 10.1 Å². The fourth-order valence-corrected chi connectivity index (χ4v) is 3.51. The highest BCUT2D eigenvalue weighted by Crippen LogP contribution is 2.43. The number of hydrogen-bond acceptors (Lipinski definition) is 6. The van der Waals surface area contributed by atoms with E-state index >= 15 is 0 Å². The maximum Gasteiger partial charge on any atom is 0.264 e. The summed E-state index contributed by atoms with van der Waals surface area (Å²) in [5.74, 6) is -0.669. The van der Waals surface area contributed by atoms with Crippen molar-refractivity contribution in [3.8, 4) is 0 Å². The van der Waals surface area contributed by atoms with E-state index < -0.39 is 22.0 Å². The van der Waals surface area contributed by atoms with Crippen LogP contribution in [0.25, 0.3) is 0 Å². The Balaban J connectivity index is 2.09. The normalized spacial score (nSPS) is 35.9. The molecule has 1 saturated heterocycles. The molecule has 0 bridgehead atoms. The van der Waals surface area contributed by atoms with E-state index in [1.165, 1.54) is 0 Å². The summed E-state index contributed by atoms with van der Waals surface area (Å²) < 4.78 is 45.6. The number of rotatable bonds is 4. The summed E-state index contributed by atoms with van der Waals surface area (Å²) in [5.41, 5.74) is -0.250. The summed E-state index contributed by atoms with van der Waals surface area (Å²) in [4.78, 5) is 0. The Morgan fingerprint density at radius 3 is 2.29 bits per heavy atom. The van der Waals surface area contributed by atoms with Gasteiger partial charge in [0.1, 0.15) is 12.2 Å². The van der Waals surface area contributed by atoms with Gasteiger partial charge in [-0.3, -0.25) is 4.18 Å². The molecule has 2 fully saturated rings. The molecule has 6 nitrogen and oxygen atoms in total. The second-order valence-corrected chi connectivity index (χ2v) is 8.92. The fourth-order valence-electron chi connectivity index (χ4n) is 2.87. The van der Waals surface area contributed by atoms with Crippen molar-refractivity contribution in [1.29, 1.82) is 0 Å². The van der Waals surface area contributed by atoms with Gasteiger partial charge in [-0.1, -0.05) is 0 Å². The lowest BCUT2D eigenvalue weighted by molar-refractivity contribution is -0.168. The SMILES string of the molecule is CC(C)(C)OC[C@H]1CC(OS(C)(=O)=O)C2OC(C)(C)O[C@@H]21. The average Bonchev–Trinajstić information content (AvgIpc) is 2.68.